The molecule has 0 aliphatic heterocycles. The van der Waals surface area contributed by atoms with Gasteiger partial charge in [0.2, 0.25) is 5.91 Å². The van der Waals surface area contributed by atoms with Gasteiger partial charge in [-0.15, -0.1) is 23.2 Å². The lowest BCUT2D eigenvalue weighted by molar-refractivity contribution is -0.136. The van der Waals surface area contributed by atoms with Crippen molar-refractivity contribution in [3.63, 3.8) is 0 Å². The number of nitrogens with zero attached hydrogens (tertiary/aromatic N) is 1. The Kier molecular flexibility index (Phi) is 2.94. The highest BCUT2D eigenvalue weighted by Gasteiger charge is 2.58. The van der Waals surface area contributed by atoms with Gasteiger partial charge in [-0.25, -0.2) is 0 Å². The summed E-state index contributed by atoms with van der Waals surface area (Å²) < 4.78 is -0.785. The van der Waals surface area contributed by atoms with Gasteiger partial charge in [-0.2, -0.15) is 0 Å². The van der Waals surface area contributed by atoms with Crippen LogP contribution in [0.25, 0.3) is 0 Å². The Morgan fingerprint density at radius 1 is 1.05 bits per heavy atom. The van der Waals surface area contributed by atoms with E-state index in [1.807, 2.05) is 11.9 Å². The van der Waals surface area contributed by atoms with Crippen LogP contribution >= 0.6 is 23.2 Å². The van der Waals surface area contributed by atoms with Crippen molar-refractivity contribution in [3.8, 4) is 0 Å². The molecular formula is C16H23Cl2NO. The summed E-state index contributed by atoms with van der Waals surface area (Å²) in [6, 6.07) is 0. The van der Waals surface area contributed by atoms with E-state index in [9.17, 15) is 4.79 Å². The summed E-state index contributed by atoms with van der Waals surface area (Å²) in [6.45, 7) is 0.926. The Bertz CT molecular complexity index is 412. The molecule has 20 heavy (non-hydrogen) atoms. The molecule has 0 unspecified atom stereocenters. The molecule has 2 nitrogen and oxygen atoms in total. The van der Waals surface area contributed by atoms with Crippen molar-refractivity contribution in [1.29, 1.82) is 0 Å². The minimum Gasteiger partial charge on any atom is -0.345 e. The van der Waals surface area contributed by atoms with Gasteiger partial charge in [0.05, 0.1) is 5.92 Å². The van der Waals surface area contributed by atoms with Gasteiger partial charge in [-0.3, -0.25) is 4.79 Å². The number of carbonyl (C=O) groups is 1. The van der Waals surface area contributed by atoms with Gasteiger partial charge in [0.15, 0.2) is 0 Å². The van der Waals surface area contributed by atoms with Crippen molar-refractivity contribution in [2.45, 2.75) is 49.3 Å². The number of hydrogen-bond donors (Lipinski definition) is 0. The van der Waals surface area contributed by atoms with Crippen molar-refractivity contribution in [1.82, 2.24) is 4.90 Å². The second kappa shape index (κ2) is 4.29. The smallest absolute Gasteiger partial charge is 0.228 e. The van der Waals surface area contributed by atoms with Gasteiger partial charge in [-0.05, 0) is 68.1 Å². The molecule has 5 saturated carbocycles. The van der Waals surface area contributed by atoms with Crippen LogP contribution in [0.2, 0.25) is 0 Å². The first-order valence-corrected chi connectivity index (χ1v) is 8.75. The maximum Gasteiger partial charge on any atom is 0.228 e. The van der Waals surface area contributed by atoms with Crippen LogP contribution in [0, 0.1) is 29.1 Å². The van der Waals surface area contributed by atoms with E-state index in [0.717, 1.165) is 24.3 Å². The molecular weight excluding hydrogens is 293 g/mol. The Hall–Kier alpha value is 0.0500. The molecule has 0 aromatic carbocycles. The predicted molar refractivity (Wildman–Crippen MR) is 80.8 cm³/mol. The molecule has 0 aromatic rings. The van der Waals surface area contributed by atoms with Crippen LogP contribution in [0.15, 0.2) is 0 Å². The fraction of sp³-hybridized carbons (Fsp3) is 0.938. The molecule has 1 amide bonds. The summed E-state index contributed by atoms with van der Waals surface area (Å²) in [6.07, 6.45) is 9.00. The Morgan fingerprint density at radius 3 is 1.90 bits per heavy atom. The largest absolute Gasteiger partial charge is 0.345 e. The molecule has 4 bridgehead atoms. The summed E-state index contributed by atoms with van der Waals surface area (Å²) in [4.78, 5) is 14.3. The van der Waals surface area contributed by atoms with Gasteiger partial charge in [-0.1, -0.05) is 0 Å². The first kappa shape index (κ1) is 13.7. The van der Waals surface area contributed by atoms with E-state index < -0.39 is 4.33 Å². The molecule has 0 heterocycles. The van der Waals surface area contributed by atoms with E-state index >= 15 is 0 Å². The first-order valence-electron chi connectivity index (χ1n) is 8.00. The summed E-state index contributed by atoms with van der Waals surface area (Å²) >= 11 is 12.1. The first-order chi connectivity index (χ1) is 9.37. The molecule has 0 saturated heterocycles. The fourth-order valence-corrected chi connectivity index (χ4v) is 6.31. The van der Waals surface area contributed by atoms with Gasteiger partial charge >= 0.3 is 0 Å². The predicted octanol–water partition coefficient (Wildman–Crippen LogP) is 3.86. The average Bonchev–Trinajstić information content (AvgIpc) is 2.94. The second-order valence-corrected chi connectivity index (χ2v) is 9.67. The molecule has 112 valence electrons. The Labute approximate surface area is 131 Å². The van der Waals surface area contributed by atoms with Gasteiger partial charge in [0.25, 0.3) is 0 Å². The monoisotopic (exact) mass is 315 g/mol. The molecule has 0 spiro atoms. The van der Waals surface area contributed by atoms with Gasteiger partial charge in [0, 0.05) is 13.6 Å². The molecule has 0 N–H and O–H groups in total. The van der Waals surface area contributed by atoms with Gasteiger partial charge in [0.1, 0.15) is 4.33 Å². The van der Waals surface area contributed by atoms with Crippen LogP contribution in [0.5, 0.6) is 0 Å². The summed E-state index contributed by atoms with van der Waals surface area (Å²) in [5, 5.41) is 0. The summed E-state index contributed by atoms with van der Waals surface area (Å²) in [5.74, 6) is 2.80. The van der Waals surface area contributed by atoms with E-state index in [1.54, 1.807) is 0 Å². The number of halogens is 2. The van der Waals surface area contributed by atoms with Crippen molar-refractivity contribution < 1.29 is 4.79 Å². The van der Waals surface area contributed by atoms with Crippen molar-refractivity contribution in [2.24, 2.45) is 29.1 Å². The Balaban J connectivity index is 1.45. The molecule has 5 aliphatic rings. The molecule has 1 atom stereocenters. The third-order valence-electron chi connectivity index (χ3n) is 6.24. The highest BCUT2D eigenvalue weighted by molar-refractivity contribution is 6.52. The van der Waals surface area contributed by atoms with Crippen LogP contribution in [-0.2, 0) is 4.79 Å². The summed E-state index contributed by atoms with van der Waals surface area (Å²) in [7, 11) is 1.95. The Morgan fingerprint density at radius 2 is 1.50 bits per heavy atom. The zero-order valence-corrected chi connectivity index (χ0v) is 13.6. The normalized spacial score (nSPS) is 47.4. The van der Waals surface area contributed by atoms with Crippen LogP contribution in [-0.4, -0.2) is 28.7 Å². The maximum absolute atomic E-state index is 12.4. The van der Waals surface area contributed by atoms with E-state index in [0.29, 0.717) is 11.8 Å². The molecule has 0 aromatic heterocycles. The standard InChI is InChI=1S/C16H23Cl2NO/c1-19(14(20)13-8-16(13,17)18)9-15-5-10-2-11(6-15)4-12(3-10)7-15/h10-13H,2-9H2,1H3/t10?,11?,12?,13-,15?/m1/s1. The van der Waals surface area contributed by atoms with Crippen molar-refractivity contribution in [3.05, 3.63) is 0 Å². The van der Waals surface area contributed by atoms with Crippen molar-refractivity contribution in [2.75, 3.05) is 13.6 Å². The number of carbonyl (C=O) groups excluding carboxylic acids is 1. The maximum atomic E-state index is 12.4. The highest BCUT2D eigenvalue weighted by Crippen LogP contribution is 2.60. The fourth-order valence-electron chi connectivity index (χ4n) is 5.81. The van der Waals surface area contributed by atoms with Crippen LogP contribution in [0.1, 0.15) is 44.9 Å². The molecule has 5 aliphatic carbocycles. The molecule has 0 radical (unpaired) electrons. The number of amides is 1. The SMILES string of the molecule is CN(CC12CC3CC(CC(C3)C1)C2)C(=O)[C@H]1CC1(Cl)Cl. The van der Waals surface area contributed by atoms with E-state index in [-0.39, 0.29) is 11.8 Å². The summed E-state index contributed by atoms with van der Waals surface area (Å²) in [5.41, 5.74) is 0.412. The zero-order chi connectivity index (χ0) is 14.1. The highest BCUT2D eigenvalue weighted by atomic mass is 35.5. The average molecular weight is 316 g/mol. The third-order valence-corrected chi connectivity index (χ3v) is 7.07. The lowest BCUT2D eigenvalue weighted by atomic mass is 9.49. The van der Waals surface area contributed by atoms with Crippen LogP contribution in [0.4, 0.5) is 0 Å². The molecule has 5 rings (SSSR count). The van der Waals surface area contributed by atoms with Crippen molar-refractivity contribution >= 4 is 29.1 Å². The quantitative estimate of drug-likeness (QED) is 0.724. The molecule has 5 fully saturated rings. The zero-order valence-electron chi connectivity index (χ0n) is 12.1. The molecule has 4 heteroatoms. The number of alkyl halides is 2. The third kappa shape index (κ3) is 2.18. The lowest BCUT2D eigenvalue weighted by Crippen LogP contribution is -2.51. The van der Waals surface area contributed by atoms with E-state index in [4.69, 9.17) is 23.2 Å². The second-order valence-electron chi connectivity index (χ2n) is 8.13. The number of hydrogen-bond acceptors (Lipinski definition) is 1. The van der Waals surface area contributed by atoms with E-state index in [2.05, 4.69) is 0 Å². The lowest BCUT2D eigenvalue weighted by Gasteiger charge is -2.57. The number of rotatable bonds is 3. The van der Waals surface area contributed by atoms with E-state index in [1.165, 1.54) is 38.5 Å². The van der Waals surface area contributed by atoms with Crippen LogP contribution in [0.3, 0.4) is 0 Å². The van der Waals surface area contributed by atoms with Gasteiger partial charge < -0.3 is 4.90 Å². The minimum absolute atomic E-state index is 0.158. The van der Waals surface area contributed by atoms with Crippen LogP contribution < -0.4 is 0 Å². The minimum atomic E-state index is -0.785. The topological polar surface area (TPSA) is 20.3 Å².